The van der Waals surface area contributed by atoms with Crippen LogP contribution >= 0.6 is 0 Å². The normalized spacial score (nSPS) is 16.0. The van der Waals surface area contributed by atoms with Crippen molar-refractivity contribution in [3.63, 3.8) is 0 Å². The van der Waals surface area contributed by atoms with Crippen molar-refractivity contribution >= 4 is 16.7 Å². The molecule has 0 saturated heterocycles. The third kappa shape index (κ3) is 11.7. The first-order valence-electron chi connectivity index (χ1n) is 21.4. The van der Waals surface area contributed by atoms with Gasteiger partial charge in [-0.3, -0.25) is 0 Å². The second kappa shape index (κ2) is 22.9. The lowest BCUT2D eigenvalue weighted by Gasteiger charge is -2.26. The van der Waals surface area contributed by atoms with Crippen LogP contribution in [-0.2, 0) is 0 Å². The SMILES string of the molecule is C.C.CC.CC1=CC=C(C2=C(c3cc(C4=C(c5ccc(C)cc5)C=CCC4C)cc(-c4ccccc4-c4ccc(C(C)C)cc4)c3)C=CCC2)CC1.CCCCC. The van der Waals surface area contributed by atoms with Crippen molar-refractivity contribution < 1.29 is 0 Å². The Hall–Kier alpha value is -4.68. The summed E-state index contributed by atoms with van der Waals surface area (Å²) in [6.45, 7) is 19.8. The summed E-state index contributed by atoms with van der Waals surface area (Å²) >= 11 is 0. The van der Waals surface area contributed by atoms with Crippen molar-refractivity contribution in [1.29, 1.82) is 0 Å². The lowest BCUT2D eigenvalue weighted by atomic mass is 9.78. The molecule has 0 fully saturated rings. The maximum atomic E-state index is 2.50. The number of aryl methyl sites for hydroxylation is 1. The topological polar surface area (TPSA) is 0 Å². The van der Waals surface area contributed by atoms with Gasteiger partial charge in [0.05, 0.1) is 0 Å². The van der Waals surface area contributed by atoms with Crippen molar-refractivity contribution in [2.45, 2.75) is 134 Å². The van der Waals surface area contributed by atoms with Crippen LogP contribution in [0.5, 0.6) is 0 Å². The van der Waals surface area contributed by atoms with E-state index in [0.29, 0.717) is 11.8 Å². The average Bonchev–Trinajstić information content (AvgIpc) is 3.22. The molecule has 57 heavy (non-hydrogen) atoms. The van der Waals surface area contributed by atoms with E-state index in [1.165, 1.54) is 103 Å². The van der Waals surface area contributed by atoms with Crippen molar-refractivity contribution in [3.05, 3.63) is 172 Å². The van der Waals surface area contributed by atoms with Gasteiger partial charge in [-0.25, -0.2) is 0 Å². The highest BCUT2D eigenvalue weighted by molar-refractivity contribution is 5.99. The Morgan fingerprint density at radius 3 is 1.81 bits per heavy atom. The third-order valence-corrected chi connectivity index (χ3v) is 11.2. The molecule has 7 rings (SSSR count). The predicted molar refractivity (Wildman–Crippen MR) is 259 cm³/mol. The van der Waals surface area contributed by atoms with Gasteiger partial charge in [-0.1, -0.05) is 203 Å². The van der Waals surface area contributed by atoms with Crippen LogP contribution in [0.15, 0.2) is 144 Å². The molecule has 302 valence electrons. The molecule has 3 aliphatic rings. The quantitative estimate of drug-likeness (QED) is 0.159. The molecule has 0 heterocycles. The van der Waals surface area contributed by atoms with Gasteiger partial charge in [0.1, 0.15) is 0 Å². The fourth-order valence-electron chi connectivity index (χ4n) is 8.03. The van der Waals surface area contributed by atoms with Gasteiger partial charge in [0.25, 0.3) is 0 Å². The summed E-state index contributed by atoms with van der Waals surface area (Å²) in [6, 6.07) is 34.7. The van der Waals surface area contributed by atoms with Crippen LogP contribution in [0.4, 0.5) is 0 Å². The molecule has 1 unspecified atom stereocenters. The molecule has 0 saturated carbocycles. The highest BCUT2D eigenvalue weighted by atomic mass is 14.3. The van der Waals surface area contributed by atoms with Crippen molar-refractivity contribution in [2.75, 3.05) is 0 Å². The zero-order valence-corrected chi connectivity index (χ0v) is 35.4. The highest BCUT2D eigenvalue weighted by Crippen LogP contribution is 2.44. The lowest BCUT2D eigenvalue weighted by molar-refractivity contribution is 0.761. The van der Waals surface area contributed by atoms with E-state index in [-0.39, 0.29) is 14.9 Å². The summed E-state index contributed by atoms with van der Waals surface area (Å²) in [5.74, 6) is 0.929. The molecular weight excluding hydrogens is 685 g/mol. The Morgan fingerprint density at radius 1 is 0.614 bits per heavy atom. The van der Waals surface area contributed by atoms with Crippen molar-refractivity contribution in [3.8, 4) is 22.3 Å². The van der Waals surface area contributed by atoms with E-state index in [9.17, 15) is 0 Å². The van der Waals surface area contributed by atoms with Crippen LogP contribution in [0.2, 0.25) is 0 Å². The molecule has 0 nitrogen and oxygen atoms in total. The summed E-state index contributed by atoms with van der Waals surface area (Å²) in [5.41, 5.74) is 20.4. The van der Waals surface area contributed by atoms with E-state index in [4.69, 9.17) is 0 Å². The smallest absolute Gasteiger partial charge is 0.0105 e. The lowest BCUT2D eigenvalue weighted by Crippen LogP contribution is -2.07. The molecule has 0 N–H and O–H groups in total. The first-order chi connectivity index (χ1) is 26.8. The molecule has 0 aliphatic heterocycles. The van der Waals surface area contributed by atoms with E-state index in [1.807, 2.05) is 13.8 Å². The Labute approximate surface area is 350 Å². The molecule has 0 amide bonds. The van der Waals surface area contributed by atoms with Crippen molar-refractivity contribution in [2.24, 2.45) is 5.92 Å². The maximum Gasteiger partial charge on any atom is -0.0105 e. The van der Waals surface area contributed by atoms with Crippen LogP contribution in [0, 0.1) is 12.8 Å². The number of allylic oxidation sites excluding steroid dienone is 12. The minimum absolute atomic E-state index is 0. The van der Waals surface area contributed by atoms with Crippen molar-refractivity contribution in [1.82, 2.24) is 0 Å². The van der Waals surface area contributed by atoms with Gasteiger partial charge in [-0.05, 0) is 148 Å². The number of hydrogen-bond donors (Lipinski definition) is 0. The van der Waals surface area contributed by atoms with Gasteiger partial charge in [0.2, 0.25) is 0 Å². The molecule has 0 aromatic heterocycles. The van der Waals surface area contributed by atoms with Gasteiger partial charge in [0, 0.05) is 0 Å². The molecule has 0 heteroatoms. The van der Waals surface area contributed by atoms with Crippen LogP contribution in [-0.4, -0.2) is 0 Å². The first-order valence-corrected chi connectivity index (χ1v) is 21.4. The van der Waals surface area contributed by atoms with Crippen LogP contribution < -0.4 is 0 Å². The summed E-state index contributed by atoms with van der Waals surface area (Å²) in [6.07, 6.45) is 23.8. The van der Waals surface area contributed by atoms with Gasteiger partial charge >= 0.3 is 0 Å². The largest absolute Gasteiger partial charge is 0.0836 e. The van der Waals surface area contributed by atoms with Gasteiger partial charge in [-0.15, -0.1) is 0 Å². The Bertz CT molecular complexity index is 2060. The fourth-order valence-corrected chi connectivity index (χ4v) is 8.03. The minimum atomic E-state index is 0. The molecule has 4 aromatic rings. The maximum absolute atomic E-state index is 2.50. The van der Waals surface area contributed by atoms with E-state index in [0.717, 1.165) is 32.1 Å². The molecule has 1 atom stereocenters. The number of benzene rings is 4. The molecule has 0 radical (unpaired) electrons. The Kier molecular flexibility index (Phi) is 18.8. The number of rotatable bonds is 9. The van der Waals surface area contributed by atoms with Gasteiger partial charge in [0.15, 0.2) is 0 Å². The standard InChI is InChI=1S/C48H48.C5H12.C2H6.2CH4/c1-32(2)36-25-27-38(28-26-36)44-13-7-9-15-46(44)41-29-40(45-14-8-6-12-43(45)37-21-17-33(3)18-22-37)30-42(31-41)48-35(5)11-10-16-47(48)39-23-19-34(4)20-24-39;1-3-5-4-2;1-2;;/h7-10,13-17,19-21,23-32,35H,6,11-12,18,22H2,1-5H3;3-5H2,1-2H3;1-2H3;2*1H4. The van der Waals surface area contributed by atoms with Crippen LogP contribution in [0.25, 0.3) is 39.0 Å². The van der Waals surface area contributed by atoms with E-state index < -0.39 is 0 Å². The van der Waals surface area contributed by atoms with E-state index >= 15 is 0 Å². The highest BCUT2D eigenvalue weighted by Gasteiger charge is 2.23. The molecule has 0 bridgehead atoms. The zero-order chi connectivity index (χ0) is 39.3. The summed E-state index contributed by atoms with van der Waals surface area (Å²) in [7, 11) is 0. The average molecular weight is 759 g/mol. The van der Waals surface area contributed by atoms with Gasteiger partial charge < -0.3 is 0 Å². The predicted octanol–water partition coefficient (Wildman–Crippen LogP) is 18.2. The summed E-state index contributed by atoms with van der Waals surface area (Å²) in [4.78, 5) is 0. The fraction of sp³-hybridized carbons (Fsp3) is 0.368. The summed E-state index contributed by atoms with van der Waals surface area (Å²) < 4.78 is 0. The van der Waals surface area contributed by atoms with E-state index in [2.05, 4.69) is 176 Å². The molecular formula is C57H74. The van der Waals surface area contributed by atoms with Crippen LogP contribution in [0.1, 0.15) is 155 Å². The van der Waals surface area contributed by atoms with Gasteiger partial charge in [-0.2, -0.15) is 0 Å². The molecule has 3 aliphatic carbocycles. The second-order valence-electron chi connectivity index (χ2n) is 15.7. The third-order valence-electron chi connectivity index (χ3n) is 11.2. The Morgan fingerprint density at radius 2 is 1.21 bits per heavy atom. The second-order valence-corrected chi connectivity index (χ2v) is 15.7. The Balaban J connectivity index is 0.000000899. The number of hydrogen-bond acceptors (Lipinski definition) is 0. The van der Waals surface area contributed by atoms with E-state index in [1.54, 1.807) is 0 Å². The number of unbranched alkanes of at least 4 members (excludes halogenated alkanes) is 2. The summed E-state index contributed by atoms with van der Waals surface area (Å²) in [5, 5.41) is 0. The molecule has 4 aromatic carbocycles. The molecule has 0 spiro atoms. The minimum Gasteiger partial charge on any atom is -0.0836 e. The van der Waals surface area contributed by atoms with Crippen LogP contribution in [0.3, 0.4) is 0 Å². The monoisotopic (exact) mass is 759 g/mol. The first kappa shape index (κ1) is 46.7. The zero-order valence-electron chi connectivity index (χ0n) is 35.4.